The zero-order valence-corrected chi connectivity index (χ0v) is 16.4. The average molecular weight is 411 g/mol. The summed E-state index contributed by atoms with van der Waals surface area (Å²) in [6.07, 6.45) is 0. The molecular formula is C22H21NO5S. The Balaban J connectivity index is 1.92. The standard InChI is InChI=1S/C22H21NO5S/c23-15-17-11-13-20(14-12-17)29(26,27)28-16-22(25,19-9-5-2-6-10-19)21(24)18-7-3-1-4-8-18/h1-14,25H,15-16,23H2. The molecule has 0 aromatic heterocycles. The Morgan fingerprint density at radius 1 is 0.897 bits per heavy atom. The first kappa shape index (κ1) is 20.9. The lowest BCUT2D eigenvalue weighted by Crippen LogP contribution is -2.41. The molecule has 0 amide bonds. The van der Waals surface area contributed by atoms with Crippen LogP contribution in [0.15, 0.2) is 89.8 Å². The van der Waals surface area contributed by atoms with E-state index in [-0.39, 0.29) is 22.6 Å². The number of Topliss-reactive ketones (excluding diaryl/α,β-unsaturated/α-hetero) is 1. The minimum Gasteiger partial charge on any atom is -0.375 e. The number of carbonyl (C=O) groups excluding carboxylic acids is 1. The van der Waals surface area contributed by atoms with Gasteiger partial charge in [0, 0.05) is 12.1 Å². The van der Waals surface area contributed by atoms with Gasteiger partial charge in [0.15, 0.2) is 5.60 Å². The summed E-state index contributed by atoms with van der Waals surface area (Å²) in [5.74, 6) is -0.655. The zero-order chi connectivity index (χ0) is 20.9. The third-order valence-corrected chi connectivity index (χ3v) is 5.81. The van der Waals surface area contributed by atoms with Crippen LogP contribution in [0.3, 0.4) is 0 Å². The summed E-state index contributed by atoms with van der Waals surface area (Å²) in [6, 6.07) is 22.2. The fourth-order valence-corrected chi connectivity index (χ4v) is 3.78. The molecule has 0 fully saturated rings. The summed E-state index contributed by atoms with van der Waals surface area (Å²) in [7, 11) is -4.20. The predicted molar refractivity (Wildman–Crippen MR) is 109 cm³/mol. The van der Waals surface area contributed by atoms with Crippen molar-refractivity contribution in [2.75, 3.05) is 6.61 Å². The van der Waals surface area contributed by atoms with Crippen LogP contribution in [-0.4, -0.2) is 25.9 Å². The summed E-state index contributed by atoms with van der Waals surface area (Å²) in [4.78, 5) is 13.0. The van der Waals surface area contributed by atoms with Crippen LogP contribution in [0, 0.1) is 0 Å². The summed E-state index contributed by atoms with van der Waals surface area (Å²) < 4.78 is 30.3. The lowest BCUT2D eigenvalue weighted by atomic mass is 9.86. The van der Waals surface area contributed by atoms with Gasteiger partial charge in [0.25, 0.3) is 10.1 Å². The van der Waals surface area contributed by atoms with E-state index in [2.05, 4.69) is 0 Å². The average Bonchev–Trinajstić information content (AvgIpc) is 2.78. The van der Waals surface area contributed by atoms with Crippen molar-refractivity contribution in [2.45, 2.75) is 17.0 Å². The van der Waals surface area contributed by atoms with Gasteiger partial charge in [-0.15, -0.1) is 0 Å². The minimum absolute atomic E-state index is 0.0859. The van der Waals surface area contributed by atoms with E-state index in [0.29, 0.717) is 0 Å². The quantitative estimate of drug-likeness (QED) is 0.436. The summed E-state index contributed by atoms with van der Waals surface area (Å²) in [6.45, 7) is -0.480. The normalized spacial score (nSPS) is 13.6. The zero-order valence-electron chi connectivity index (χ0n) is 15.6. The molecule has 3 rings (SSSR count). The van der Waals surface area contributed by atoms with Crippen molar-refractivity contribution in [2.24, 2.45) is 5.73 Å². The number of carbonyl (C=O) groups is 1. The third kappa shape index (κ3) is 4.60. The van der Waals surface area contributed by atoms with Crippen molar-refractivity contribution in [1.82, 2.24) is 0 Å². The maximum atomic E-state index is 13.1. The highest BCUT2D eigenvalue weighted by atomic mass is 32.2. The molecule has 0 saturated carbocycles. The Bertz CT molecular complexity index is 1070. The molecule has 1 unspecified atom stereocenters. The highest BCUT2D eigenvalue weighted by Crippen LogP contribution is 2.28. The second kappa shape index (κ2) is 8.67. The minimum atomic E-state index is -4.20. The number of ketones is 1. The lowest BCUT2D eigenvalue weighted by molar-refractivity contribution is 0.00410. The third-order valence-electron chi connectivity index (χ3n) is 4.53. The maximum absolute atomic E-state index is 13.1. The van der Waals surface area contributed by atoms with E-state index in [1.807, 2.05) is 0 Å². The Labute approximate surface area is 169 Å². The molecule has 0 aliphatic carbocycles. The van der Waals surface area contributed by atoms with Crippen molar-refractivity contribution in [1.29, 1.82) is 0 Å². The SMILES string of the molecule is NCc1ccc(S(=O)(=O)OCC(O)(C(=O)c2ccccc2)c2ccccc2)cc1. The van der Waals surface area contributed by atoms with Gasteiger partial charge >= 0.3 is 0 Å². The number of hydrogen-bond acceptors (Lipinski definition) is 6. The molecule has 0 spiro atoms. The molecule has 3 aromatic rings. The number of rotatable bonds is 8. The second-order valence-corrected chi connectivity index (χ2v) is 8.10. The van der Waals surface area contributed by atoms with Crippen LogP contribution in [0.5, 0.6) is 0 Å². The molecule has 0 aliphatic heterocycles. The lowest BCUT2D eigenvalue weighted by Gasteiger charge is -2.27. The van der Waals surface area contributed by atoms with Crippen molar-refractivity contribution < 1.29 is 22.5 Å². The first-order valence-electron chi connectivity index (χ1n) is 8.93. The van der Waals surface area contributed by atoms with E-state index < -0.39 is 28.1 Å². The largest absolute Gasteiger partial charge is 0.375 e. The van der Waals surface area contributed by atoms with E-state index in [4.69, 9.17) is 9.92 Å². The molecule has 3 aromatic carbocycles. The molecule has 150 valence electrons. The van der Waals surface area contributed by atoms with E-state index in [1.54, 1.807) is 72.8 Å². The van der Waals surface area contributed by atoms with Gasteiger partial charge in [-0.3, -0.25) is 8.98 Å². The highest BCUT2D eigenvalue weighted by Gasteiger charge is 2.40. The summed E-state index contributed by atoms with van der Waals surface area (Å²) in [5.41, 5.74) is 4.60. The van der Waals surface area contributed by atoms with Crippen LogP contribution >= 0.6 is 0 Å². The van der Waals surface area contributed by atoms with Crippen LogP contribution in [0.1, 0.15) is 21.5 Å². The predicted octanol–water partition coefficient (Wildman–Crippen LogP) is 2.62. The topological polar surface area (TPSA) is 107 Å². The number of nitrogens with two attached hydrogens (primary N) is 1. The van der Waals surface area contributed by atoms with Crippen molar-refractivity contribution >= 4 is 15.9 Å². The van der Waals surface area contributed by atoms with Crippen molar-refractivity contribution in [3.05, 3.63) is 102 Å². The molecule has 0 radical (unpaired) electrons. The molecule has 0 saturated heterocycles. The van der Waals surface area contributed by atoms with E-state index >= 15 is 0 Å². The van der Waals surface area contributed by atoms with Gasteiger partial charge in [0.1, 0.15) is 6.61 Å². The number of hydrogen-bond donors (Lipinski definition) is 2. The Morgan fingerprint density at radius 2 is 1.45 bits per heavy atom. The molecular weight excluding hydrogens is 390 g/mol. The van der Waals surface area contributed by atoms with Gasteiger partial charge in [-0.1, -0.05) is 72.8 Å². The summed E-state index contributed by atoms with van der Waals surface area (Å²) in [5, 5.41) is 11.2. The van der Waals surface area contributed by atoms with Gasteiger partial charge in [0.05, 0.1) is 4.90 Å². The van der Waals surface area contributed by atoms with Gasteiger partial charge < -0.3 is 10.8 Å². The van der Waals surface area contributed by atoms with Crippen molar-refractivity contribution in [3.63, 3.8) is 0 Å². The number of benzene rings is 3. The van der Waals surface area contributed by atoms with Gasteiger partial charge in [-0.2, -0.15) is 8.42 Å². The van der Waals surface area contributed by atoms with E-state index in [0.717, 1.165) is 5.56 Å². The van der Waals surface area contributed by atoms with Crippen LogP contribution in [-0.2, 0) is 26.4 Å². The maximum Gasteiger partial charge on any atom is 0.297 e. The fraction of sp³-hybridized carbons (Fsp3) is 0.136. The van der Waals surface area contributed by atoms with Crippen LogP contribution in [0.25, 0.3) is 0 Å². The van der Waals surface area contributed by atoms with Crippen molar-refractivity contribution in [3.8, 4) is 0 Å². The van der Waals surface area contributed by atoms with Gasteiger partial charge in [-0.05, 0) is 23.3 Å². The molecule has 0 aliphatic rings. The highest BCUT2D eigenvalue weighted by molar-refractivity contribution is 7.86. The Kier molecular flexibility index (Phi) is 6.24. The van der Waals surface area contributed by atoms with Crippen LogP contribution in [0.4, 0.5) is 0 Å². The smallest absolute Gasteiger partial charge is 0.297 e. The summed E-state index contributed by atoms with van der Waals surface area (Å²) >= 11 is 0. The Hall–Kier alpha value is -2.84. The van der Waals surface area contributed by atoms with Crippen LogP contribution < -0.4 is 5.73 Å². The van der Waals surface area contributed by atoms with E-state index in [9.17, 15) is 18.3 Å². The first-order chi connectivity index (χ1) is 13.9. The molecule has 0 heterocycles. The van der Waals surface area contributed by atoms with Gasteiger partial charge in [0.2, 0.25) is 5.78 Å². The van der Waals surface area contributed by atoms with Gasteiger partial charge in [-0.25, -0.2) is 0 Å². The van der Waals surface area contributed by atoms with Crippen LogP contribution in [0.2, 0.25) is 0 Å². The molecule has 7 heteroatoms. The van der Waals surface area contributed by atoms with E-state index in [1.165, 1.54) is 12.1 Å². The monoisotopic (exact) mass is 411 g/mol. The molecule has 1 atom stereocenters. The second-order valence-electron chi connectivity index (χ2n) is 6.49. The first-order valence-corrected chi connectivity index (χ1v) is 10.3. The number of aliphatic hydroxyl groups is 1. The molecule has 29 heavy (non-hydrogen) atoms. The molecule has 3 N–H and O–H groups in total. The Morgan fingerprint density at radius 3 is 2.00 bits per heavy atom. The molecule has 6 nitrogen and oxygen atoms in total. The molecule has 0 bridgehead atoms. The fourth-order valence-electron chi connectivity index (χ4n) is 2.85.